The van der Waals surface area contributed by atoms with Crippen LogP contribution in [0.5, 0.6) is 0 Å². The first-order valence-electron chi connectivity index (χ1n) is 8.52. The summed E-state index contributed by atoms with van der Waals surface area (Å²) >= 11 is 1.68. The molecule has 1 saturated heterocycles. The molecule has 0 radical (unpaired) electrons. The van der Waals surface area contributed by atoms with Crippen LogP contribution in [0.1, 0.15) is 23.6 Å². The van der Waals surface area contributed by atoms with E-state index in [-0.39, 0.29) is 18.3 Å². The monoisotopic (exact) mass is 361 g/mol. The lowest BCUT2D eigenvalue weighted by atomic mass is 10.0. The number of aryl methyl sites for hydroxylation is 2. The van der Waals surface area contributed by atoms with Gasteiger partial charge in [-0.3, -0.25) is 4.79 Å². The Hall–Kier alpha value is -1.95. The standard InChI is InChI=1S/C19H23NO4S/c1-4-23-19(22)16-11-25-6-5-20(16)18(21)9-14-10-24-17-8-13(3)12(2)7-15(14)17/h7-8,10,16H,4-6,9,11H2,1-3H3. The van der Waals surface area contributed by atoms with Crippen LogP contribution in [0.4, 0.5) is 0 Å². The second kappa shape index (κ2) is 7.52. The molecule has 1 aliphatic rings. The van der Waals surface area contributed by atoms with E-state index in [4.69, 9.17) is 9.15 Å². The van der Waals surface area contributed by atoms with Crippen molar-refractivity contribution >= 4 is 34.6 Å². The molecule has 2 heterocycles. The molecule has 5 nitrogen and oxygen atoms in total. The van der Waals surface area contributed by atoms with Crippen LogP contribution in [0, 0.1) is 13.8 Å². The molecule has 1 aromatic heterocycles. The van der Waals surface area contributed by atoms with Crippen molar-refractivity contribution in [3.63, 3.8) is 0 Å². The van der Waals surface area contributed by atoms with Crippen LogP contribution in [-0.4, -0.2) is 47.5 Å². The molecule has 25 heavy (non-hydrogen) atoms. The molecular weight excluding hydrogens is 338 g/mol. The van der Waals surface area contributed by atoms with Gasteiger partial charge in [0, 0.05) is 29.0 Å². The first-order chi connectivity index (χ1) is 12.0. The minimum atomic E-state index is -0.492. The van der Waals surface area contributed by atoms with Gasteiger partial charge in [0.25, 0.3) is 0 Å². The number of carbonyl (C=O) groups is 2. The number of ether oxygens (including phenoxy) is 1. The third-order valence-electron chi connectivity index (χ3n) is 4.62. The van der Waals surface area contributed by atoms with Gasteiger partial charge in [-0.25, -0.2) is 4.79 Å². The summed E-state index contributed by atoms with van der Waals surface area (Å²) < 4.78 is 10.8. The van der Waals surface area contributed by atoms with Gasteiger partial charge in [0.2, 0.25) is 5.91 Å². The van der Waals surface area contributed by atoms with Gasteiger partial charge in [0.05, 0.1) is 19.3 Å². The smallest absolute Gasteiger partial charge is 0.329 e. The Morgan fingerprint density at radius 2 is 2.08 bits per heavy atom. The maximum Gasteiger partial charge on any atom is 0.329 e. The average Bonchev–Trinajstić information content (AvgIpc) is 2.97. The summed E-state index contributed by atoms with van der Waals surface area (Å²) in [5, 5.41) is 0.968. The second-order valence-corrected chi connectivity index (χ2v) is 7.45. The van der Waals surface area contributed by atoms with Crippen LogP contribution < -0.4 is 0 Å². The lowest BCUT2D eigenvalue weighted by molar-refractivity contribution is -0.153. The van der Waals surface area contributed by atoms with Gasteiger partial charge in [-0.1, -0.05) is 0 Å². The topological polar surface area (TPSA) is 59.8 Å². The zero-order valence-corrected chi connectivity index (χ0v) is 15.6. The van der Waals surface area contributed by atoms with Crippen molar-refractivity contribution < 1.29 is 18.7 Å². The first kappa shape index (κ1) is 17.9. The van der Waals surface area contributed by atoms with Crippen molar-refractivity contribution in [1.29, 1.82) is 0 Å². The fraction of sp³-hybridized carbons (Fsp3) is 0.474. The molecular formula is C19H23NO4S. The van der Waals surface area contributed by atoms with Crippen LogP contribution in [0.15, 0.2) is 22.8 Å². The predicted molar refractivity (Wildman–Crippen MR) is 98.9 cm³/mol. The molecule has 1 aromatic carbocycles. The van der Waals surface area contributed by atoms with E-state index in [1.165, 1.54) is 5.56 Å². The highest BCUT2D eigenvalue weighted by atomic mass is 32.2. The fourth-order valence-electron chi connectivity index (χ4n) is 3.07. The molecule has 0 saturated carbocycles. The van der Waals surface area contributed by atoms with Crippen LogP contribution in [0.25, 0.3) is 11.0 Å². The largest absolute Gasteiger partial charge is 0.464 e. The molecule has 1 atom stereocenters. The van der Waals surface area contributed by atoms with Crippen molar-refractivity contribution in [2.75, 3.05) is 24.7 Å². The van der Waals surface area contributed by atoms with Crippen molar-refractivity contribution in [2.45, 2.75) is 33.2 Å². The first-order valence-corrected chi connectivity index (χ1v) is 9.68. The number of amides is 1. The summed E-state index contributed by atoms with van der Waals surface area (Å²) in [7, 11) is 0. The maximum absolute atomic E-state index is 12.8. The van der Waals surface area contributed by atoms with E-state index in [2.05, 4.69) is 6.07 Å². The highest BCUT2D eigenvalue weighted by Crippen LogP contribution is 2.26. The van der Waals surface area contributed by atoms with Gasteiger partial charge in [-0.2, -0.15) is 11.8 Å². The average molecular weight is 361 g/mol. The maximum atomic E-state index is 12.8. The molecule has 0 spiro atoms. The van der Waals surface area contributed by atoms with Gasteiger partial charge >= 0.3 is 5.97 Å². The van der Waals surface area contributed by atoms with Gasteiger partial charge < -0.3 is 14.1 Å². The Morgan fingerprint density at radius 3 is 2.84 bits per heavy atom. The molecule has 3 rings (SSSR count). The van der Waals surface area contributed by atoms with Crippen LogP contribution in [-0.2, 0) is 20.7 Å². The second-order valence-electron chi connectivity index (χ2n) is 6.30. The van der Waals surface area contributed by atoms with Gasteiger partial charge in [0.1, 0.15) is 11.6 Å². The minimum absolute atomic E-state index is 0.0562. The fourth-order valence-corrected chi connectivity index (χ4v) is 4.11. The Kier molecular flexibility index (Phi) is 5.37. The lowest BCUT2D eigenvalue weighted by Crippen LogP contribution is -2.51. The summed E-state index contributed by atoms with van der Waals surface area (Å²) in [6.07, 6.45) is 1.88. The van der Waals surface area contributed by atoms with Gasteiger partial charge in [-0.15, -0.1) is 0 Å². The Labute approximate surface area is 151 Å². The van der Waals surface area contributed by atoms with Crippen LogP contribution in [0.3, 0.4) is 0 Å². The molecule has 0 aliphatic carbocycles. The van der Waals surface area contributed by atoms with E-state index >= 15 is 0 Å². The number of thioether (sulfide) groups is 1. The predicted octanol–water partition coefficient (Wildman–Crippen LogP) is 3.10. The molecule has 1 amide bonds. The molecule has 134 valence electrons. The van der Waals surface area contributed by atoms with E-state index in [9.17, 15) is 9.59 Å². The zero-order valence-electron chi connectivity index (χ0n) is 14.8. The Balaban J connectivity index is 1.81. The minimum Gasteiger partial charge on any atom is -0.464 e. The summed E-state index contributed by atoms with van der Waals surface area (Å²) in [6.45, 7) is 6.76. The van der Waals surface area contributed by atoms with Gasteiger partial charge in [0.15, 0.2) is 0 Å². The molecule has 1 unspecified atom stereocenters. The van der Waals surface area contributed by atoms with Crippen LogP contribution >= 0.6 is 11.8 Å². The number of rotatable bonds is 4. The van der Waals surface area contributed by atoms with Crippen molar-refractivity contribution in [2.24, 2.45) is 0 Å². The zero-order chi connectivity index (χ0) is 18.0. The van der Waals surface area contributed by atoms with E-state index in [0.29, 0.717) is 18.9 Å². The Bertz CT molecular complexity index is 798. The molecule has 0 N–H and O–H groups in total. The summed E-state index contributed by atoms with van der Waals surface area (Å²) in [6, 6.07) is 3.57. The summed E-state index contributed by atoms with van der Waals surface area (Å²) in [4.78, 5) is 26.7. The van der Waals surface area contributed by atoms with Gasteiger partial charge in [-0.05, 0) is 44.0 Å². The van der Waals surface area contributed by atoms with Crippen molar-refractivity contribution in [3.8, 4) is 0 Å². The van der Waals surface area contributed by atoms with E-state index in [0.717, 1.165) is 27.8 Å². The summed E-state index contributed by atoms with van der Waals surface area (Å²) in [5.41, 5.74) is 3.99. The third kappa shape index (κ3) is 3.68. The number of fused-ring (bicyclic) bond motifs is 1. The number of hydrogen-bond acceptors (Lipinski definition) is 5. The highest BCUT2D eigenvalue weighted by molar-refractivity contribution is 7.99. The van der Waals surface area contributed by atoms with E-state index in [1.54, 1.807) is 29.8 Å². The number of nitrogens with zero attached hydrogens (tertiary/aromatic N) is 1. The lowest BCUT2D eigenvalue weighted by Gasteiger charge is -2.33. The molecule has 1 fully saturated rings. The molecule has 2 aromatic rings. The SMILES string of the molecule is CCOC(=O)C1CSCCN1C(=O)Cc1coc2cc(C)c(C)cc12. The van der Waals surface area contributed by atoms with E-state index in [1.807, 2.05) is 19.9 Å². The number of benzene rings is 1. The molecule has 6 heteroatoms. The third-order valence-corrected chi connectivity index (χ3v) is 5.64. The molecule has 0 bridgehead atoms. The van der Waals surface area contributed by atoms with E-state index < -0.39 is 6.04 Å². The molecule has 1 aliphatic heterocycles. The number of hydrogen-bond donors (Lipinski definition) is 0. The van der Waals surface area contributed by atoms with Crippen molar-refractivity contribution in [1.82, 2.24) is 4.90 Å². The quantitative estimate of drug-likeness (QED) is 0.783. The van der Waals surface area contributed by atoms with Crippen LogP contribution in [0.2, 0.25) is 0 Å². The number of furan rings is 1. The Morgan fingerprint density at radius 1 is 1.32 bits per heavy atom. The summed E-state index contributed by atoms with van der Waals surface area (Å²) in [5.74, 6) is 1.06. The highest BCUT2D eigenvalue weighted by Gasteiger charge is 2.33. The number of esters is 1. The number of carbonyl (C=O) groups excluding carboxylic acids is 2. The van der Waals surface area contributed by atoms with Crippen molar-refractivity contribution in [3.05, 3.63) is 35.1 Å². The normalized spacial score (nSPS) is 17.7.